The van der Waals surface area contributed by atoms with Crippen LogP contribution in [-0.4, -0.2) is 21.2 Å². The molecule has 0 saturated carbocycles. The Balaban J connectivity index is 2.93. The summed E-state index contributed by atoms with van der Waals surface area (Å²) in [5, 5.41) is 18.5. The van der Waals surface area contributed by atoms with E-state index in [1.54, 1.807) is 11.7 Å². The Labute approximate surface area is 108 Å². The third-order valence-corrected chi connectivity index (χ3v) is 3.32. The third-order valence-electron chi connectivity index (χ3n) is 3.32. The molecule has 1 N–H and O–H groups in total. The summed E-state index contributed by atoms with van der Waals surface area (Å²) in [5.41, 5.74) is 0.653. The summed E-state index contributed by atoms with van der Waals surface area (Å²) in [7, 11) is 1.74. The number of aromatic nitrogens is 2. The first-order valence-electron chi connectivity index (χ1n) is 6.49. The van der Waals surface area contributed by atoms with Gasteiger partial charge in [0.2, 0.25) is 5.82 Å². The van der Waals surface area contributed by atoms with E-state index in [1.165, 1.54) is 0 Å². The lowest BCUT2D eigenvalue weighted by molar-refractivity contribution is -0.384. The van der Waals surface area contributed by atoms with Crippen molar-refractivity contribution in [3.8, 4) is 0 Å². The fourth-order valence-electron chi connectivity index (χ4n) is 2.01. The number of nitrogens with zero attached hydrogens (tertiary/aromatic N) is 3. The fourth-order valence-corrected chi connectivity index (χ4v) is 2.01. The molecule has 1 rings (SSSR count). The number of aryl methyl sites for hydroxylation is 2. The maximum absolute atomic E-state index is 11.1. The van der Waals surface area contributed by atoms with Gasteiger partial charge in [0.25, 0.3) is 0 Å². The topological polar surface area (TPSA) is 73.0 Å². The lowest BCUT2D eigenvalue weighted by atomic mass is 10.0. The first-order chi connectivity index (χ1) is 8.54. The molecule has 102 valence electrons. The lowest BCUT2D eigenvalue weighted by Gasteiger charge is -2.13. The lowest BCUT2D eigenvalue weighted by Crippen LogP contribution is -2.15. The van der Waals surface area contributed by atoms with Crippen LogP contribution in [0.5, 0.6) is 0 Å². The van der Waals surface area contributed by atoms with E-state index in [1.807, 2.05) is 6.92 Å². The molecular weight excluding hydrogens is 232 g/mol. The summed E-state index contributed by atoms with van der Waals surface area (Å²) in [6, 6.07) is 0. The van der Waals surface area contributed by atoms with Crippen molar-refractivity contribution in [3.63, 3.8) is 0 Å². The first-order valence-corrected chi connectivity index (χ1v) is 6.49. The minimum Gasteiger partial charge on any atom is -0.364 e. The molecule has 1 heterocycles. The molecule has 1 aromatic rings. The van der Waals surface area contributed by atoms with Crippen LogP contribution in [0.15, 0.2) is 0 Å². The number of anilines is 1. The minimum atomic E-state index is -0.346. The van der Waals surface area contributed by atoms with E-state index in [2.05, 4.69) is 24.3 Å². The molecule has 0 saturated heterocycles. The van der Waals surface area contributed by atoms with Gasteiger partial charge in [0.1, 0.15) is 5.69 Å². The molecule has 0 aliphatic carbocycles. The summed E-state index contributed by atoms with van der Waals surface area (Å²) in [5.74, 6) is 1.05. The van der Waals surface area contributed by atoms with Crippen molar-refractivity contribution >= 4 is 11.5 Å². The van der Waals surface area contributed by atoms with Gasteiger partial charge in [0.15, 0.2) is 0 Å². The van der Waals surface area contributed by atoms with Crippen LogP contribution in [0.2, 0.25) is 0 Å². The zero-order valence-electron chi connectivity index (χ0n) is 11.6. The Morgan fingerprint density at radius 1 is 1.39 bits per heavy atom. The van der Waals surface area contributed by atoms with Gasteiger partial charge in [0, 0.05) is 13.6 Å². The van der Waals surface area contributed by atoms with Gasteiger partial charge < -0.3 is 5.32 Å². The van der Waals surface area contributed by atoms with Crippen molar-refractivity contribution in [1.29, 1.82) is 0 Å². The van der Waals surface area contributed by atoms with E-state index in [4.69, 9.17) is 0 Å². The van der Waals surface area contributed by atoms with E-state index < -0.39 is 0 Å². The van der Waals surface area contributed by atoms with Gasteiger partial charge in [-0.3, -0.25) is 10.1 Å². The van der Waals surface area contributed by atoms with Gasteiger partial charge in [-0.15, -0.1) is 0 Å². The molecule has 6 heteroatoms. The van der Waals surface area contributed by atoms with Crippen molar-refractivity contribution in [2.45, 2.75) is 40.0 Å². The maximum atomic E-state index is 11.1. The highest BCUT2D eigenvalue weighted by molar-refractivity contribution is 5.59. The molecule has 0 aliphatic rings. The normalized spacial score (nSPS) is 10.9. The molecular formula is C12H22N4O2. The van der Waals surface area contributed by atoms with Gasteiger partial charge in [-0.05, 0) is 12.3 Å². The summed E-state index contributed by atoms with van der Waals surface area (Å²) in [4.78, 5) is 10.8. The van der Waals surface area contributed by atoms with Crippen LogP contribution in [0.25, 0.3) is 0 Å². The molecule has 0 spiro atoms. The Morgan fingerprint density at radius 2 is 2.00 bits per heavy atom. The SMILES string of the molecule is CCc1nn(C)c(NCC(CC)CC)c1[N+](=O)[O-]. The summed E-state index contributed by atoms with van der Waals surface area (Å²) < 4.78 is 1.57. The van der Waals surface area contributed by atoms with Gasteiger partial charge in [-0.25, -0.2) is 4.68 Å². The van der Waals surface area contributed by atoms with E-state index in [0.29, 0.717) is 23.9 Å². The zero-order valence-corrected chi connectivity index (χ0v) is 11.6. The Hall–Kier alpha value is -1.59. The molecule has 18 heavy (non-hydrogen) atoms. The molecule has 0 aliphatic heterocycles. The van der Waals surface area contributed by atoms with Crippen molar-refractivity contribution in [1.82, 2.24) is 9.78 Å². The van der Waals surface area contributed by atoms with E-state index in [-0.39, 0.29) is 10.6 Å². The molecule has 6 nitrogen and oxygen atoms in total. The predicted octanol–water partition coefficient (Wildman–Crippen LogP) is 2.74. The number of hydrogen-bond acceptors (Lipinski definition) is 4. The summed E-state index contributed by atoms with van der Waals surface area (Å²) >= 11 is 0. The molecule has 0 fully saturated rings. The first kappa shape index (κ1) is 14.5. The van der Waals surface area contributed by atoms with Crippen LogP contribution in [0, 0.1) is 16.0 Å². The van der Waals surface area contributed by atoms with Crippen LogP contribution in [0.3, 0.4) is 0 Å². The van der Waals surface area contributed by atoms with Gasteiger partial charge in [-0.2, -0.15) is 5.10 Å². The zero-order chi connectivity index (χ0) is 13.7. The van der Waals surface area contributed by atoms with Crippen molar-refractivity contribution < 1.29 is 4.92 Å². The van der Waals surface area contributed by atoms with Crippen molar-refractivity contribution in [2.24, 2.45) is 13.0 Å². The predicted molar refractivity (Wildman–Crippen MR) is 71.8 cm³/mol. The highest BCUT2D eigenvalue weighted by Gasteiger charge is 2.25. The summed E-state index contributed by atoms with van der Waals surface area (Å²) in [6.07, 6.45) is 2.70. The van der Waals surface area contributed by atoms with E-state index >= 15 is 0 Å². The second-order valence-corrected chi connectivity index (χ2v) is 4.44. The standard InChI is InChI=1S/C12H22N4O2/c1-5-9(6-2)8-13-12-11(16(17)18)10(7-3)14-15(12)4/h9,13H,5-8H2,1-4H3. The monoisotopic (exact) mass is 254 g/mol. The van der Waals surface area contributed by atoms with E-state index in [9.17, 15) is 10.1 Å². The number of hydrogen-bond donors (Lipinski definition) is 1. The van der Waals surface area contributed by atoms with Crippen molar-refractivity contribution in [3.05, 3.63) is 15.8 Å². The average molecular weight is 254 g/mol. The van der Waals surface area contributed by atoms with Crippen LogP contribution in [0.4, 0.5) is 11.5 Å². The quantitative estimate of drug-likeness (QED) is 0.599. The number of nitrogens with one attached hydrogen (secondary N) is 1. The largest absolute Gasteiger partial charge is 0.364 e. The minimum absolute atomic E-state index is 0.117. The number of rotatable bonds is 7. The molecule has 0 radical (unpaired) electrons. The van der Waals surface area contributed by atoms with Gasteiger partial charge in [-0.1, -0.05) is 33.6 Å². The molecule has 0 bridgehead atoms. The van der Waals surface area contributed by atoms with Crippen LogP contribution in [-0.2, 0) is 13.5 Å². The Kier molecular flexibility index (Phi) is 5.12. The van der Waals surface area contributed by atoms with Crippen LogP contribution in [0.1, 0.15) is 39.3 Å². The molecule has 0 aromatic carbocycles. The Morgan fingerprint density at radius 3 is 2.44 bits per heavy atom. The third kappa shape index (κ3) is 3.00. The van der Waals surface area contributed by atoms with Gasteiger partial charge in [0.05, 0.1) is 4.92 Å². The van der Waals surface area contributed by atoms with Gasteiger partial charge >= 0.3 is 5.69 Å². The second-order valence-electron chi connectivity index (χ2n) is 4.44. The van der Waals surface area contributed by atoms with Crippen LogP contribution >= 0.6 is 0 Å². The van der Waals surface area contributed by atoms with Crippen molar-refractivity contribution in [2.75, 3.05) is 11.9 Å². The molecule has 1 aromatic heterocycles. The highest BCUT2D eigenvalue weighted by Crippen LogP contribution is 2.28. The molecule has 0 amide bonds. The second kappa shape index (κ2) is 6.37. The Bertz CT molecular complexity index is 410. The average Bonchev–Trinajstić information content (AvgIpc) is 2.67. The van der Waals surface area contributed by atoms with E-state index in [0.717, 1.165) is 19.4 Å². The van der Waals surface area contributed by atoms with Crippen LogP contribution < -0.4 is 5.32 Å². The highest BCUT2D eigenvalue weighted by atomic mass is 16.6. The fraction of sp³-hybridized carbons (Fsp3) is 0.750. The maximum Gasteiger partial charge on any atom is 0.333 e. The number of nitro groups is 1. The molecule has 0 atom stereocenters. The summed E-state index contributed by atoms with van der Waals surface area (Å²) in [6.45, 7) is 6.88. The smallest absolute Gasteiger partial charge is 0.333 e. The molecule has 0 unspecified atom stereocenters.